The van der Waals surface area contributed by atoms with Gasteiger partial charge in [-0.3, -0.25) is 9.59 Å². The van der Waals surface area contributed by atoms with Crippen LogP contribution in [-0.2, 0) is 9.59 Å². The zero-order valence-electron chi connectivity index (χ0n) is 10.1. The Kier molecular flexibility index (Phi) is 4.64. The van der Waals surface area contributed by atoms with Gasteiger partial charge in [0.25, 0.3) is 0 Å². The minimum Gasteiger partial charge on any atom is -0.353 e. The summed E-state index contributed by atoms with van der Waals surface area (Å²) < 4.78 is 0. The molecule has 1 heterocycles. The molecule has 2 amide bonds. The first-order valence-corrected chi connectivity index (χ1v) is 6.96. The van der Waals surface area contributed by atoms with Crippen molar-refractivity contribution in [3.63, 3.8) is 0 Å². The van der Waals surface area contributed by atoms with Crippen molar-refractivity contribution in [1.29, 1.82) is 0 Å². The number of hydrogen-bond donors (Lipinski definition) is 1. The summed E-state index contributed by atoms with van der Waals surface area (Å²) in [7, 11) is 0. The molecule has 4 nitrogen and oxygen atoms in total. The van der Waals surface area contributed by atoms with Crippen molar-refractivity contribution < 1.29 is 9.59 Å². The van der Waals surface area contributed by atoms with Crippen LogP contribution in [0.4, 0.5) is 0 Å². The van der Waals surface area contributed by atoms with Crippen molar-refractivity contribution in [2.24, 2.45) is 0 Å². The van der Waals surface area contributed by atoms with Crippen molar-refractivity contribution in [1.82, 2.24) is 10.2 Å². The van der Waals surface area contributed by atoms with Crippen LogP contribution in [0, 0.1) is 0 Å². The van der Waals surface area contributed by atoms with E-state index in [1.165, 1.54) is 4.90 Å². The molecule has 0 aliphatic carbocycles. The number of amides is 2. The zero-order chi connectivity index (χ0) is 12.8. The van der Waals surface area contributed by atoms with Crippen molar-refractivity contribution >= 4 is 23.6 Å². The number of piperazine rings is 1. The number of nitrogens with zero attached hydrogens (tertiary/aromatic N) is 1. The Morgan fingerprint density at radius 1 is 1.33 bits per heavy atom. The van der Waals surface area contributed by atoms with Crippen LogP contribution in [0.2, 0.25) is 0 Å². The Morgan fingerprint density at radius 3 is 2.83 bits per heavy atom. The van der Waals surface area contributed by atoms with E-state index in [1.807, 2.05) is 30.3 Å². The second-order valence-electron chi connectivity index (χ2n) is 4.08. The molecule has 0 bridgehead atoms. The molecule has 0 unspecified atom stereocenters. The third-order valence-corrected chi connectivity index (χ3v) is 3.73. The van der Waals surface area contributed by atoms with Crippen LogP contribution in [0.1, 0.15) is 6.42 Å². The summed E-state index contributed by atoms with van der Waals surface area (Å²) in [6.45, 7) is 1.39. The topological polar surface area (TPSA) is 49.4 Å². The first kappa shape index (κ1) is 13.0. The van der Waals surface area contributed by atoms with Crippen molar-refractivity contribution in [2.45, 2.75) is 11.3 Å². The Labute approximate surface area is 111 Å². The summed E-state index contributed by atoms with van der Waals surface area (Å²) in [5.74, 6) is 0.750. The van der Waals surface area contributed by atoms with E-state index in [-0.39, 0.29) is 18.4 Å². The molecule has 0 aromatic heterocycles. The molecule has 1 aliphatic rings. The van der Waals surface area contributed by atoms with Crippen LogP contribution in [0.5, 0.6) is 0 Å². The van der Waals surface area contributed by atoms with E-state index in [0.717, 1.165) is 5.75 Å². The minimum atomic E-state index is -0.0645. The standard InChI is InChI=1S/C13H16N2O2S/c16-12-10-15(8-7-14-12)13(17)6-9-18-11-4-2-1-3-5-11/h1-5H,6-10H2,(H,14,16). The van der Waals surface area contributed by atoms with Gasteiger partial charge in [-0.05, 0) is 12.1 Å². The molecule has 1 saturated heterocycles. The highest BCUT2D eigenvalue weighted by Crippen LogP contribution is 2.18. The molecule has 0 spiro atoms. The molecule has 1 aromatic rings. The molecule has 1 N–H and O–H groups in total. The van der Waals surface area contributed by atoms with Gasteiger partial charge >= 0.3 is 0 Å². The Hall–Kier alpha value is -1.49. The monoisotopic (exact) mass is 264 g/mol. The lowest BCUT2D eigenvalue weighted by atomic mass is 10.3. The summed E-state index contributed by atoms with van der Waals surface area (Å²) in [6, 6.07) is 10.0. The van der Waals surface area contributed by atoms with E-state index in [0.29, 0.717) is 19.5 Å². The summed E-state index contributed by atoms with van der Waals surface area (Å²) in [6.07, 6.45) is 0.479. The highest BCUT2D eigenvalue weighted by molar-refractivity contribution is 7.99. The molecular formula is C13H16N2O2S. The number of thioether (sulfide) groups is 1. The molecule has 1 fully saturated rings. The lowest BCUT2D eigenvalue weighted by Gasteiger charge is -2.26. The smallest absolute Gasteiger partial charge is 0.239 e. The number of benzene rings is 1. The van der Waals surface area contributed by atoms with Gasteiger partial charge in [-0.15, -0.1) is 11.8 Å². The SMILES string of the molecule is O=C1CN(C(=O)CCSc2ccccc2)CCN1. The van der Waals surface area contributed by atoms with E-state index in [9.17, 15) is 9.59 Å². The second kappa shape index (κ2) is 6.44. The lowest BCUT2D eigenvalue weighted by Crippen LogP contribution is -2.50. The summed E-state index contributed by atoms with van der Waals surface area (Å²) in [5.41, 5.74) is 0. The first-order valence-electron chi connectivity index (χ1n) is 5.98. The van der Waals surface area contributed by atoms with Crippen LogP contribution < -0.4 is 5.32 Å². The normalized spacial score (nSPS) is 15.3. The second-order valence-corrected chi connectivity index (χ2v) is 5.25. The number of carbonyl (C=O) groups is 2. The van der Waals surface area contributed by atoms with Gasteiger partial charge in [0.1, 0.15) is 0 Å². The fourth-order valence-electron chi connectivity index (χ4n) is 1.78. The average molecular weight is 264 g/mol. The quantitative estimate of drug-likeness (QED) is 0.829. The predicted molar refractivity (Wildman–Crippen MR) is 71.4 cm³/mol. The third kappa shape index (κ3) is 3.77. The largest absolute Gasteiger partial charge is 0.353 e. The fourth-order valence-corrected chi connectivity index (χ4v) is 2.64. The van der Waals surface area contributed by atoms with Gasteiger partial charge in [0, 0.05) is 30.2 Å². The summed E-state index contributed by atoms with van der Waals surface area (Å²) in [4.78, 5) is 25.8. The molecule has 2 rings (SSSR count). The molecule has 5 heteroatoms. The number of nitrogens with one attached hydrogen (secondary N) is 1. The molecule has 0 atom stereocenters. The van der Waals surface area contributed by atoms with Crippen LogP contribution in [0.15, 0.2) is 35.2 Å². The highest BCUT2D eigenvalue weighted by atomic mass is 32.2. The molecular weight excluding hydrogens is 248 g/mol. The molecule has 0 radical (unpaired) electrons. The third-order valence-electron chi connectivity index (χ3n) is 2.72. The Morgan fingerprint density at radius 2 is 2.11 bits per heavy atom. The summed E-state index contributed by atoms with van der Waals surface area (Å²) in [5, 5.41) is 2.71. The van der Waals surface area contributed by atoms with E-state index < -0.39 is 0 Å². The predicted octanol–water partition coefficient (Wildman–Crippen LogP) is 1.13. The van der Waals surface area contributed by atoms with Crippen LogP contribution >= 0.6 is 11.8 Å². The number of carbonyl (C=O) groups excluding carboxylic acids is 2. The van der Waals surface area contributed by atoms with Gasteiger partial charge in [0.05, 0.1) is 6.54 Å². The Balaban J connectivity index is 1.73. The van der Waals surface area contributed by atoms with Crippen LogP contribution in [0.3, 0.4) is 0 Å². The van der Waals surface area contributed by atoms with E-state index in [1.54, 1.807) is 16.7 Å². The number of hydrogen-bond acceptors (Lipinski definition) is 3. The van der Waals surface area contributed by atoms with E-state index in [4.69, 9.17) is 0 Å². The van der Waals surface area contributed by atoms with Gasteiger partial charge in [-0.1, -0.05) is 18.2 Å². The maximum atomic E-state index is 11.9. The van der Waals surface area contributed by atoms with Gasteiger partial charge in [-0.2, -0.15) is 0 Å². The molecule has 1 aromatic carbocycles. The highest BCUT2D eigenvalue weighted by Gasteiger charge is 2.20. The fraction of sp³-hybridized carbons (Fsp3) is 0.385. The first-order chi connectivity index (χ1) is 8.75. The van der Waals surface area contributed by atoms with E-state index in [2.05, 4.69) is 5.32 Å². The Bertz CT molecular complexity index is 422. The van der Waals surface area contributed by atoms with Gasteiger partial charge < -0.3 is 10.2 Å². The van der Waals surface area contributed by atoms with Gasteiger partial charge in [0.2, 0.25) is 11.8 Å². The minimum absolute atomic E-state index is 0.0632. The molecule has 96 valence electrons. The van der Waals surface area contributed by atoms with Crippen molar-refractivity contribution in [2.75, 3.05) is 25.4 Å². The van der Waals surface area contributed by atoms with Crippen LogP contribution in [0.25, 0.3) is 0 Å². The zero-order valence-corrected chi connectivity index (χ0v) is 10.9. The van der Waals surface area contributed by atoms with Gasteiger partial charge in [0.15, 0.2) is 0 Å². The molecule has 0 saturated carbocycles. The van der Waals surface area contributed by atoms with Crippen LogP contribution in [-0.4, -0.2) is 42.1 Å². The van der Waals surface area contributed by atoms with Crippen molar-refractivity contribution in [3.8, 4) is 0 Å². The average Bonchev–Trinajstić information content (AvgIpc) is 2.40. The molecule has 1 aliphatic heterocycles. The maximum Gasteiger partial charge on any atom is 0.239 e. The van der Waals surface area contributed by atoms with Gasteiger partial charge in [-0.25, -0.2) is 0 Å². The lowest BCUT2D eigenvalue weighted by molar-refractivity contribution is -0.137. The van der Waals surface area contributed by atoms with Crippen molar-refractivity contribution in [3.05, 3.63) is 30.3 Å². The van der Waals surface area contributed by atoms with E-state index >= 15 is 0 Å². The maximum absolute atomic E-state index is 11.9. The molecule has 18 heavy (non-hydrogen) atoms. The number of rotatable bonds is 4. The summed E-state index contributed by atoms with van der Waals surface area (Å²) >= 11 is 1.67.